The molecule has 1 amide bonds. The predicted molar refractivity (Wildman–Crippen MR) is 88.2 cm³/mol. The highest BCUT2D eigenvalue weighted by atomic mass is 28.4. The Bertz CT molecular complexity index is 533. The van der Waals surface area contributed by atoms with Gasteiger partial charge < -0.3 is 9.74 Å². The highest BCUT2D eigenvalue weighted by Gasteiger charge is 2.37. The van der Waals surface area contributed by atoms with Crippen LogP contribution in [0.5, 0.6) is 0 Å². The van der Waals surface area contributed by atoms with E-state index in [9.17, 15) is 9.59 Å². The van der Waals surface area contributed by atoms with Gasteiger partial charge in [-0.25, -0.2) is 0 Å². The first kappa shape index (κ1) is 17.6. The molecule has 1 N–H and O–H groups in total. The molecule has 0 fully saturated rings. The number of nitrogens with one attached hydrogen (secondary N) is 1. The van der Waals surface area contributed by atoms with Crippen LogP contribution in [0, 0.1) is 0 Å². The molecule has 0 bridgehead atoms. The van der Waals surface area contributed by atoms with E-state index >= 15 is 0 Å². The third kappa shape index (κ3) is 4.79. The molecule has 1 aromatic rings. The van der Waals surface area contributed by atoms with Gasteiger partial charge in [-0.3, -0.25) is 9.59 Å². The molecule has 0 radical (unpaired) electrons. The number of rotatable bonds is 5. The van der Waals surface area contributed by atoms with Gasteiger partial charge in [-0.1, -0.05) is 32.9 Å². The fourth-order valence-electron chi connectivity index (χ4n) is 1.57. The van der Waals surface area contributed by atoms with Crippen LogP contribution in [0.15, 0.2) is 24.3 Å². The molecule has 0 saturated heterocycles. The number of ketones is 1. The lowest BCUT2D eigenvalue weighted by Gasteiger charge is -2.35. The largest absolute Gasteiger partial charge is 0.409 e. The van der Waals surface area contributed by atoms with Crippen LogP contribution in [-0.2, 0) is 9.22 Å². The highest BCUT2D eigenvalue weighted by Crippen LogP contribution is 2.36. The number of benzene rings is 1. The molecule has 116 valence electrons. The van der Waals surface area contributed by atoms with Gasteiger partial charge in [0.2, 0.25) is 5.91 Å². The third-order valence-electron chi connectivity index (χ3n) is 3.91. The average Bonchev–Trinajstić information content (AvgIpc) is 2.34. The van der Waals surface area contributed by atoms with Crippen molar-refractivity contribution in [3.8, 4) is 0 Å². The van der Waals surface area contributed by atoms with Gasteiger partial charge in [0.05, 0.1) is 12.3 Å². The van der Waals surface area contributed by atoms with Crippen molar-refractivity contribution in [2.24, 2.45) is 0 Å². The Hall–Kier alpha value is -1.46. The van der Waals surface area contributed by atoms with E-state index in [0.717, 1.165) is 0 Å². The Kier molecular flexibility index (Phi) is 5.47. The maximum atomic E-state index is 12.4. The monoisotopic (exact) mass is 307 g/mol. The van der Waals surface area contributed by atoms with Gasteiger partial charge in [0.25, 0.3) is 0 Å². The summed E-state index contributed by atoms with van der Waals surface area (Å²) in [5.74, 6) is -0.301. The molecule has 1 aromatic carbocycles. The number of anilines is 1. The Labute approximate surface area is 128 Å². The summed E-state index contributed by atoms with van der Waals surface area (Å²) < 4.78 is 5.95. The van der Waals surface area contributed by atoms with E-state index in [4.69, 9.17) is 4.43 Å². The second-order valence-corrected chi connectivity index (χ2v) is 11.5. The van der Waals surface area contributed by atoms with Crippen LogP contribution in [0.1, 0.15) is 38.1 Å². The summed E-state index contributed by atoms with van der Waals surface area (Å²) in [6.07, 6.45) is 0. The van der Waals surface area contributed by atoms with Crippen LogP contribution in [0.4, 0.5) is 5.69 Å². The summed E-state index contributed by atoms with van der Waals surface area (Å²) in [5.41, 5.74) is 1.03. The molecule has 5 heteroatoms. The van der Waals surface area contributed by atoms with Gasteiger partial charge in [0, 0.05) is 12.5 Å². The molecule has 0 spiro atoms. The van der Waals surface area contributed by atoms with Gasteiger partial charge in [-0.2, -0.15) is 0 Å². The SMILES string of the molecule is CC(=O)Nc1ccccc1C(=O)CO[Si](C)(C)C(C)(C)C. The Morgan fingerprint density at radius 3 is 2.29 bits per heavy atom. The van der Waals surface area contributed by atoms with E-state index < -0.39 is 8.32 Å². The highest BCUT2D eigenvalue weighted by molar-refractivity contribution is 6.74. The lowest BCUT2D eigenvalue weighted by Crippen LogP contribution is -2.42. The molecule has 0 aromatic heterocycles. The third-order valence-corrected chi connectivity index (χ3v) is 8.39. The first-order chi connectivity index (χ1) is 9.54. The normalized spacial score (nSPS) is 12.1. The number of hydrogen-bond donors (Lipinski definition) is 1. The fraction of sp³-hybridized carbons (Fsp3) is 0.500. The molecule has 0 aliphatic carbocycles. The van der Waals surface area contributed by atoms with Crippen LogP contribution < -0.4 is 5.32 Å². The van der Waals surface area contributed by atoms with Crippen molar-refractivity contribution in [2.75, 3.05) is 11.9 Å². The fourth-order valence-corrected chi connectivity index (χ4v) is 2.49. The maximum absolute atomic E-state index is 12.4. The van der Waals surface area contributed by atoms with Gasteiger partial charge in [-0.15, -0.1) is 0 Å². The van der Waals surface area contributed by atoms with E-state index in [1.165, 1.54) is 6.92 Å². The van der Waals surface area contributed by atoms with E-state index in [1.807, 2.05) is 0 Å². The number of carbonyl (C=O) groups is 2. The van der Waals surface area contributed by atoms with Crippen LogP contribution in [-0.4, -0.2) is 26.6 Å². The summed E-state index contributed by atoms with van der Waals surface area (Å²) in [6, 6.07) is 7.01. The minimum absolute atomic E-state index is 0.0487. The number of para-hydroxylation sites is 1. The van der Waals surface area contributed by atoms with Gasteiger partial charge in [0.1, 0.15) is 0 Å². The molecule has 0 atom stereocenters. The Morgan fingerprint density at radius 2 is 1.76 bits per heavy atom. The molecule has 0 saturated carbocycles. The van der Waals surface area contributed by atoms with Crippen LogP contribution >= 0.6 is 0 Å². The minimum Gasteiger partial charge on any atom is -0.409 e. The van der Waals surface area contributed by atoms with E-state index in [-0.39, 0.29) is 23.3 Å². The average molecular weight is 307 g/mol. The standard InChI is InChI=1S/C16H25NO3Si/c1-12(18)17-14-10-8-7-9-13(14)15(19)11-20-21(5,6)16(2,3)4/h7-10H,11H2,1-6H3,(H,17,18). The van der Waals surface area contributed by atoms with Crippen LogP contribution in [0.2, 0.25) is 18.1 Å². The molecule has 0 heterocycles. The Morgan fingerprint density at radius 1 is 1.19 bits per heavy atom. The molecule has 0 aliphatic rings. The van der Waals surface area contributed by atoms with Gasteiger partial charge in [-0.05, 0) is 30.3 Å². The smallest absolute Gasteiger partial charge is 0.221 e. The van der Waals surface area contributed by atoms with Crippen molar-refractivity contribution in [2.45, 2.75) is 45.8 Å². The lowest BCUT2D eigenvalue weighted by molar-refractivity contribution is -0.114. The minimum atomic E-state index is -1.96. The van der Waals surface area contributed by atoms with Crippen molar-refractivity contribution in [1.29, 1.82) is 0 Å². The first-order valence-corrected chi connectivity index (χ1v) is 9.99. The zero-order valence-corrected chi connectivity index (χ0v) is 14.7. The van der Waals surface area contributed by atoms with E-state index in [1.54, 1.807) is 24.3 Å². The second kappa shape index (κ2) is 6.53. The molecule has 4 nitrogen and oxygen atoms in total. The summed E-state index contributed by atoms with van der Waals surface area (Å²) in [7, 11) is -1.96. The van der Waals surface area contributed by atoms with Crippen LogP contribution in [0.25, 0.3) is 0 Å². The first-order valence-electron chi connectivity index (χ1n) is 7.08. The zero-order valence-electron chi connectivity index (χ0n) is 13.7. The summed E-state index contributed by atoms with van der Waals surface area (Å²) >= 11 is 0. The maximum Gasteiger partial charge on any atom is 0.221 e. The number of amides is 1. The molecule has 1 rings (SSSR count). The van der Waals surface area contributed by atoms with Crippen molar-refractivity contribution in [1.82, 2.24) is 0 Å². The predicted octanol–water partition coefficient (Wildman–Crippen LogP) is 3.85. The molecular weight excluding hydrogens is 282 g/mol. The van der Waals surface area contributed by atoms with Crippen molar-refractivity contribution in [3.05, 3.63) is 29.8 Å². The van der Waals surface area contributed by atoms with Gasteiger partial charge in [0.15, 0.2) is 14.1 Å². The number of carbonyl (C=O) groups excluding carboxylic acids is 2. The molecule has 0 aliphatic heterocycles. The second-order valence-electron chi connectivity index (χ2n) is 6.70. The van der Waals surface area contributed by atoms with Crippen molar-refractivity contribution in [3.63, 3.8) is 0 Å². The summed E-state index contributed by atoms with van der Waals surface area (Å²) in [6.45, 7) is 12.1. The number of Topliss-reactive ketones (excluding diaryl/α,β-unsaturated/α-hetero) is 1. The van der Waals surface area contributed by atoms with E-state index in [0.29, 0.717) is 11.3 Å². The molecule has 21 heavy (non-hydrogen) atoms. The van der Waals surface area contributed by atoms with Gasteiger partial charge >= 0.3 is 0 Å². The van der Waals surface area contributed by atoms with Crippen LogP contribution in [0.3, 0.4) is 0 Å². The Balaban J connectivity index is 2.84. The topological polar surface area (TPSA) is 55.4 Å². The number of hydrogen-bond acceptors (Lipinski definition) is 3. The summed E-state index contributed by atoms with van der Waals surface area (Å²) in [4.78, 5) is 23.6. The molecular formula is C16H25NO3Si. The van der Waals surface area contributed by atoms with Crippen molar-refractivity contribution >= 4 is 25.7 Å². The molecule has 0 unspecified atom stereocenters. The quantitative estimate of drug-likeness (QED) is 0.664. The lowest BCUT2D eigenvalue weighted by atomic mass is 10.1. The van der Waals surface area contributed by atoms with E-state index in [2.05, 4.69) is 39.2 Å². The van der Waals surface area contributed by atoms with Crippen molar-refractivity contribution < 1.29 is 14.0 Å². The zero-order chi connectivity index (χ0) is 16.3. The summed E-state index contributed by atoms with van der Waals surface area (Å²) in [5, 5.41) is 2.74.